The highest BCUT2D eigenvalue weighted by molar-refractivity contribution is 6.30. The Morgan fingerprint density at radius 3 is 2.61 bits per heavy atom. The van der Waals surface area contributed by atoms with Crippen molar-refractivity contribution < 1.29 is 9.53 Å². The van der Waals surface area contributed by atoms with Crippen molar-refractivity contribution in [2.45, 2.75) is 32.9 Å². The third-order valence-electron chi connectivity index (χ3n) is 5.14. The van der Waals surface area contributed by atoms with Crippen LogP contribution >= 0.6 is 11.6 Å². The van der Waals surface area contributed by atoms with Gasteiger partial charge in [-0.05, 0) is 53.9 Å². The minimum Gasteiger partial charge on any atom is -0.487 e. The quantitative estimate of drug-likeness (QED) is 0.374. The summed E-state index contributed by atoms with van der Waals surface area (Å²) in [6, 6.07) is 20.8. The third kappa shape index (κ3) is 5.59. The summed E-state index contributed by atoms with van der Waals surface area (Å²) in [5.41, 5.74) is 4.06. The molecule has 0 aliphatic carbocycles. The highest BCUT2D eigenvalue weighted by Gasteiger charge is 2.21. The maximum absolute atomic E-state index is 13.0. The Kier molecular flexibility index (Phi) is 7.05. The molecule has 33 heavy (non-hydrogen) atoms. The van der Waals surface area contributed by atoms with Gasteiger partial charge in [0.15, 0.2) is 0 Å². The molecule has 0 spiro atoms. The van der Waals surface area contributed by atoms with Crippen LogP contribution in [-0.2, 0) is 13.2 Å². The zero-order valence-corrected chi connectivity index (χ0v) is 19.3. The van der Waals surface area contributed by atoms with Gasteiger partial charge >= 0.3 is 0 Å². The number of benzene rings is 2. The molecule has 4 aromatic rings. The van der Waals surface area contributed by atoms with Crippen molar-refractivity contribution in [1.29, 1.82) is 0 Å². The van der Waals surface area contributed by atoms with Crippen LogP contribution in [0.1, 0.15) is 47.1 Å². The predicted octanol–water partition coefficient (Wildman–Crippen LogP) is 5.55. The van der Waals surface area contributed by atoms with Gasteiger partial charge < -0.3 is 10.1 Å². The fourth-order valence-electron chi connectivity index (χ4n) is 3.52. The molecule has 0 saturated carbocycles. The third-order valence-corrected chi connectivity index (χ3v) is 5.38. The van der Waals surface area contributed by atoms with Crippen LogP contribution in [0, 0.1) is 0 Å². The summed E-state index contributed by atoms with van der Waals surface area (Å²) in [7, 11) is 0. The highest BCUT2D eigenvalue weighted by atomic mass is 35.5. The number of ether oxygens (including phenoxy) is 1. The molecule has 7 heteroatoms. The number of aromatic nitrogens is 3. The summed E-state index contributed by atoms with van der Waals surface area (Å²) in [4.78, 5) is 17.2. The van der Waals surface area contributed by atoms with Crippen LogP contribution in [0.5, 0.6) is 5.75 Å². The molecule has 2 aromatic heterocycles. The normalized spacial score (nSPS) is 10.9. The first-order valence-electron chi connectivity index (χ1n) is 10.7. The van der Waals surface area contributed by atoms with E-state index in [4.69, 9.17) is 16.3 Å². The average Bonchev–Trinajstić information content (AvgIpc) is 3.28. The first kappa shape index (κ1) is 22.6. The van der Waals surface area contributed by atoms with Gasteiger partial charge in [0.1, 0.15) is 12.4 Å². The molecule has 0 aliphatic rings. The number of hydrogen-bond donors (Lipinski definition) is 1. The van der Waals surface area contributed by atoms with Crippen molar-refractivity contribution in [2.75, 3.05) is 0 Å². The van der Waals surface area contributed by atoms with E-state index < -0.39 is 0 Å². The lowest BCUT2D eigenvalue weighted by molar-refractivity contribution is 0.0949. The van der Waals surface area contributed by atoms with Crippen molar-refractivity contribution in [1.82, 2.24) is 20.1 Å². The van der Waals surface area contributed by atoms with Gasteiger partial charge in [0.2, 0.25) is 0 Å². The SMILES string of the molecule is CC(C)c1c(C(=O)NCc2ccc(OCc3ccccn3)cc2)cnn1-c1cccc(Cl)c1. The first-order valence-corrected chi connectivity index (χ1v) is 11.1. The van der Waals surface area contributed by atoms with Gasteiger partial charge in [-0.25, -0.2) is 4.68 Å². The molecule has 2 heterocycles. The summed E-state index contributed by atoms with van der Waals surface area (Å²) in [5, 5.41) is 8.07. The molecular weight excluding hydrogens is 436 g/mol. The largest absolute Gasteiger partial charge is 0.487 e. The summed E-state index contributed by atoms with van der Waals surface area (Å²) >= 11 is 6.14. The van der Waals surface area contributed by atoms with Crippen LogP contribution in [0.15, 0.2) is 79.1 Å². The molecule has 2 aromatic carbocycles. The number of halogens is 1. The number of rotatable bonds is 8. The van der Waals surface area contributed by atoms with E-state index in [-0.39, 0.29) is 11.8 Å². The second kappa shape index (κ2) is 10.3. The van der Waals surface area contributed by atoms with Crippen LogP contribution in [0.4, 0.5) is 0 Å². The lowest BCUT2D eigenvalue weighted by atomic mass is 10.0. The van der Waals surface area contributed by atoms with Crippen molar-refractivity contribution in [3.8, 4) is 11.4 Å². The van der Waals surface area contributed by atoms with E-state index in [9.17, 15) is 4.79 Å². The van der Waals surface area contributed by atoms with E-state index in [0.29, 0.717) is 23.7 Å². The Balaban J connectivity index is 1.40. The summed E-state index contributed by atoms with van der Waals surface area (Å²) < 4.78 is 7.54. The molecular formula is C26H25ClN4O2. The Morgan fingerprint density at radius 1 is 1.09 bits per heavy atom. The number of nitrogens with zero attached hydrogens (tertiary/aromatic N) is 3. The number of carbonyl (C=O) groups is 1. The molecule has 0 atom stereocenters. The minimum atomic E-state index is -0.164. The number of pyridine rings is 1. The van der Waals surface area contributed by atoms with Gasteiger partial charge in [-0.15, -0.1) is 0 Å². The van der Waals surface area contributed by atoms with E-state index in [1.165, 1.54) is 0 Å². The maximum atomic E-state index is 13.0. The van der Waals surface area contributed by atoms with Crippen molar-refractivity contribution in [3.05, 3.63) is 107 Å². The van der Waals surface area contributed by atoms with Gasteiger partial charge in [0, 0.05) is 17.8 Å². The zero-order valence-electron chi connectivity index (χ0n) is 18.5. The minimum absolute atomic E-state index is 0.0998. The lowest BCUT2D eigenvalue weighted by Gasteiger charge is -2.13. The zero-order chi connectivity index (χ0) is 23.2. The molecule has 0 unspecified atom stereocenters. The fraction of sp³-hybridized carbons (Fsp3) is 0.192. The van der Waals surface area contributed by atoms with Crippen molar-refractivity contribution >= 4 is 17.5 Å². The molecule has 0 saturated heterocycles. The summed E-state index contributed by atoms with van der Waals surface area (Å²) in [5.74, 6) is 0.686. The Bertz CT molecular complexity index is 1220. The van der Waals surface area contributed by atoms with Gasteiger partial charge in [-0.1, -0.05) is 49.7 Å². The number of nitrogens with one attached hydrogen (secondary N) is 1. The molecule has 0 aliphatic heterocycles. The van der Waals surface area contributed by atoms with E-state index in [1.807, 2.05) is 80.6 Å². The highest BCUT2D eigenvalue weighted by Crippen LogP contribution is 2.24. The topological polar surface area (TPSA) is 69.0 Å². The molecule has 1 N–H and O–H groups in total. The van der Waals surface area contributed by atoms with E-state index in [2.05, 4.69) is 15.4 Å². The van der Waals surface area contributed by atoms with Gasteiger partial charge in [0.05, 0.1) is 28.8 Å². The maximum Gasteiger partial charge on any atom is 0.255 e. The Hall–Kier alpha value is -3.64. The Morgan fingerprint density at radius 2 is 1.91 bits per heavy atom. The summed E-state index contributed by atoms with van der Waals surface area (Å²) in [6.07, 6.45) is 3.36. The molecule has 4 rings (SSSR count). The van der Waals surface area contributed by atoms with Crippen molar-refractivity contribution in [3.63, 3.8) is 0 Å². The fourth-order valence-corrected chi connectivity index (χ4v) is 3.71. The predicted molar refractivity (Wildman–Crippen MR) is 129 cm³/mol. The lowest BCUT2D eigenvalue weighted by Crippen LogP contribution is -2.24. The smallest absolute Gasteiger partial charge is 0.255 e. The summed E-state index contributed by atoms with van der Waals surface area (Å²) in [6.45, 7) is 4.89. The van der Waals surface area contributed by atoms with Crippen LogP contribution in [-0.4, -0.2) is 20.7 Å². The molecule has 1 amide bonds. The van der Waals surface area contributed by atoms with Crippen LogP contribution in [0.2, 0.25) is 5.02 Å². The van der Waals surface area contributed by atoms with Gasteiger partial charge in [-0.2, -0.15) is 5.10 Å². The van der Waals surface area contributed by atoms with Gasteiger partial charge in [0.25, 0.3) is 5.91 Å². The van der Waals surface area contributed by atoms with Crippen LogP contribution < -0.4 is 10.1 Å². The van der Waals surface area contributed by atoms with E-state index in [1.54, 1.807) is 17.1 Å². The molecule has 6 nitrogen and oxygen atoms in total. The van der Waals surface area contributed by atoms with Crippen LogP contribution in [0.3, 0.4) is 0 Å². The average molecular weight is 461 g/mol. The Labute approximate surface area is 198 Å². The first-order chi connectivity index (χ1) is 16.0. The molecule has 168 valence electrons. The second-order valence-corrected chi connectivity index (χ2v) is 8.36. The molecule has 0 fully saturated rings. The molecule has 0 radical (unpaired) electrons. The van der Waals surface area contributed by atoms with Gasteiger partial charge in [-0.3, -0.25) is 9.78 Å². The number of carbonyl (C=O) groups excluding carboxylic acids is 1. The number of hydrogen-bond acceptors (Lipinski definition) is 4. The van der Waals surface area contributed by atoms with Crippen LogP contribution in [0.25, 0.3) is 5.69 Å². The molecule has 0 bridgehead atoms. The monoisotopic (exact) mass is 460 g/mol. The standard InChI is InChI=1S/C26H25ClN4O2/c1-18(2)25-24(16-30-31(25)22-8-5-6-20(27)14-22)26(32)29-15-19-9-11-23(12-10-19)33-17-21-7-3-4-13-28-21/h3-14,16,18H,15,17H2,1-2H3,(H,29,32). The van der Waals surface area contributed by atoms with E-state index >= 15 is 0 Å². The van der Waals surface area contributed by atoms with Crippen molar-refractivity contribution in [2.24, 2.45) is 0 Å². The van der Waals surface area contributed by atoms with E-state index in [0.717, 1.165) is 28.4 Å². The number of amides is 1. The second-order valence-electron chi connectivity index (χ2n) is 7.93.